The van der Waals surface area contributed by atoms with Crippen molar-refractivity contribution in [2.75, 3.05) is 10.2 Å². The summed E-state index contributed by atoms with van der Waals surface area (Å²) < 4.78 is 0. The number of carbonyl (C=O) groups is 2. The van der Waals surface area contributed by atoms with Crippen molar-refractivity contribution in [2.45, 2.75) is 26.3 Å². The third kappa shape index (κ3) is 4.12. The smallest absolute Gasteiger partial charge is 0.250 e. The fourth-order valence-electron chi connectivity index (χ4n) is 3.62. The molecule has 1 aliphatic heterocycles. The molecular formula is C23H21N3O2S. The molecule has 1 aromatic heterocycles. The lowest BCUT2D eigenvalue weighted by Crippen LogP contribution is -2.33. The maximum atomic E-state index is 12.2. The van der Waals surface area contributed by atoms with Crippen LogP contribution in [0.3, 0.4) is 0 Å². The van der Waals surface area contributed by atoms with Gasteiger partial charge in [-0.05, 0) is 42.7 Å². The van der Waals surface area contributed by atoms with Crippen LogP contribution in [-0.2, 0) is 16.0 Å². The summed E-state index contributed by atoms with van der Waals surface area (Å²) in [6, 6.07) is 15.9. The largest absolute Gasteiger partial charge is 0.309 e. The molecule has 2 aromatic carbocycles. The summed E-state index contributed by atoms with van der Waals surface area (Å²) in [5.74, 6) is -0.152. The molecule has 2 amide bonds. The fraction of sp³-hybridized carbons (Fsp3) is 0.174. The Morgan fingerprint density at radius 3 is 2.76 bits per heavy atom. The SMILES string of the molecule is CC(=O)N1c2ccc(-c3csc(NC(=O)/C=C/c4ccccc4)n3)cc2C[C@@H]1C. The van der Waals surface area contributed by atoms with Gasteiger partial charge < -0.3 is 4.90 Å². The summed E-state index contributed by atoms with van der Waals surface area (Å²) in [5, 5.41) is 5.30. The van der Waals surface area contributed by atoms with E-state index in [2.05, 4.69) is 23.3 Å². The van der Waals surface area contributed by atoms with Crippen LogP contribution in [0, 0.1) is 0 Å². The van der Waals surface area contributed by atoms with Crippen LogP contribution in [0.1, 0.15) is 25.0 Å². The van der Waals surface area contributed by atoms with Crippen molar-refractivity contribution in [1.82, 2.24) is 4.98 Å². The second-order valence-electron chi connectivity index (χ2n) is 7.06. The number of fused-ring (bicyclic) bond motifs is 1. The third-order valence-electron chi connectivity index (χ3n) is 4.89. The van der Waals surface area contributed by atoms with Gasteiger partial charge in [-0.25, -0.2) is 4.98 Å². The van der Waals surface area contributed by atoms with Gasteiger partial charge >= 0.3 is 0 Å². The van der Waals surface area contributed by atoms with Crippen LogP contribution in [0.15, 0.2) is 60.0 Å². The minimum absolute atomic E-state index is 0.0613. The molecule has 1 atom stereocenters. The zero-order valence-electron chi connectivity index (χ0n) is 16.3. The molecule has 146 valence electrons. The van der Waals surface area contributed by atoms with Gasteiger partial charge in [-0.2, -0.15) is 0 Å². The lowest BCUT2D eigenvalue weighted by Gasteiger charge is -2.20. The Morgan fingerprint density at radius 2 is 2.00 bits per heavy atom. The molecule has 0 unspecified atom stereocenters. The van der Waals surface area contributed by atoms with Crippen LogP contribution >= 0.6 is 11.3 Å². The van der Waals surface area contributed by atoms with Gasteiger partial charge in [0.25, 0.3) is 0 Å². The summed E-state index contributed by atoms with van der Waals surface area (Å²) in [7, 11) is 0. The van der Waals surface area contributed by atoms with Crippen LogP contribution in [0.2, 0.25) is 0 Å². The second kappa shape index (κ2) is 8.01. The van der Waals surface area contributed by atoms with E-state index in [9.17, 15) is 9.59 Å². The van der Waals surface area contributed by atoms with Crippen molar-refractivity contribution < 1.29 is 9.59 Å². The number of hydrogen-bond acceptors (Lipinski definition) is 4. The van der Waals surface area contributed by atoms with Gasteiger partial charge in [-0.3, -0.25) is 14.9 Å². The Hall–Kier alpha value is -3.25. The molecule has 2 heterocycles. The first kappa shape index (κ1) is 19.1. The number of aromatic nitrogens is 1. The Labute approximate surface area is 173 Å². The average Bonchev–Trinajstić information content (AvgIpc) is 3.29. The minimum Gasteiger partial charge on any atom is -0.309 e. The van der Waals surface area contributed by atoms with Gasteiger partial charge in [-0.1, -0.05) is 36.4 Å². The molecule has 1 N–H and O–H groups in total. The van der Waals surface area contributed by atoms with E-state index >= 15 is 0 Å². The number of anilines is 2. The molecule has 0 aliphatic carbocycles. The number of hydrogen-bond donors (Lipinski definition) is 1. The van der Waals surface area contributed by atoms with Gasteiger partial charge in [-0.15, -0.1) is 11.3 Å². The molecule has 5 nitrogen and oxygen atoms in total. The van der Waals surface area contributed by atoms with Gasteiger partial charge in [0.2, 0.25) is 11.8 Å². The van der Waals surface area contributed by atoms with Crippen LogP contribution < -0.4 is 10.2 Å². The summed E-state index contributed by atoms with van der Waals surface area (Å²) in [6.45, 7) is 3.65. The van der Waals surface area contributed by atoms with Crippen LogP contribution in [-0.4, -0.2) is 22.8 Å². The van der Waals surface area contributed by atoms with Crippen molar-refractivity contribution >= 4 is 40.0 Å². The Bertz CT molecular complexity index is 1090. The van der Waals surface area contributed by atoms with Gasteiger partial charge in [0.05, 0.1) is 5.69 Å². The normalized spacial score (nSPS) is 15.5. The van der Waals surface area contributed by atoms with Crippen LogP contribution in [0.4, 0.5) is 10.8 Å². The highest BCUT2D eigenvalue weighted by atomic mass is 32.1. The number of nitrogens with one attached hydrogen (secondary N) is 1. The molecule has 3 aromatic rings. The van der Waals surface area contributed by atoms with Crippen molar-refractivity contribution in [2.24, 2.45) is 0 Å². The topological polar surface area (TPSA) is 62.3 Å². The molecule has 29 heavy (non-hydrogen) atoms. The number of nitrogens with zero attached hydrogens (tertiary/aromatic N) is 2. The lowest BCUT2D eigenvalue weighted by atomic mass is 10.1. The van der Waals surface area contributed by atoms with E-state index in [4.69, 9.17) is 0 Å². The molecule has 0 bridgehead atoms. The van der Waals surface area contributed by atoms with E-state index in [0.29, 0.717) is 5.13 Å². The second-order valence-corrected chi connectivity index (χ2v) is 7.91. The summed E-state index contributed by atoms with van der Waals surface area (Å²) in [5.41, 5.74) is 4.89. The summed E-state index contributed by atoms with van der Waals surface area (Å²) in [4.78, 5) is 30.4. The predicted molar refractivity (Wildman–Crippen MR) is 118 cm³/mol. The standard InChI is InChI=1S/C23H21N3O2S/c1-15-12-19-13-18(9-10-21(19)26(15)16(2)27)20-14-29-23(24-20)25-22(28)11-8-17-6-4-3-5-7-17/h3-11,13-15H,12H2,1-2H3,(H,24,25,28)/b11-8+/t15-/m0/s1. The van der Waals surface area contributed by atoms with Gasteiger partial charge in [0, 0.05) is 35.7 Å². The van der Waals surface area contributed by atoms with E-state index in [-0.39, 0.29) is 17.9 Å². The molecule has 0 saturated heterocycles. The molecule has 4 rings (SSSR count). The number of carbonyl (C=O) groups excluding carboxylic acids is 2. The maximum Gasteiger partial charge on any atom is 0.250 e. The molecule has 0 fully saturated rings. The van der Waals surface area contributed by atoms with Crippen molar-refractivity contribution in [1.29, 1.82) is 0 Å². The lowest BCUT2D eigenvalue weighted by molar-refractivity contribution is -0.117. The first-order chi connectivity index (χ1) is 14.0. The Morgan fingerprint density at radius 1 is 1.21 bits per heavy atom. The van der Waals surface area contributed by atoms with Crippen LogP contribution in [0.5, 0.6) is 0 Å². The number of thiazole rings is 1. The number of rotatable bonds is 4. The Balaban J connectivity index is 1.47. The summed E-state index contributed by atoms with van der Waals surface area (Å²) in [6.07, 6.45) is 4.11. The van der Waals surface area contributed by atoms with Crippen LogP contribution in [0.25, 0.3) is 17.3 Å². The van der Waals surface area contributed by atoms with Crippen molar-refractivity contribution in [3.63, 3.8) is 0 Å². The van der Waals surface area contributed by atoms with E-state index in [1.165, 1.54) is 17.4 Å². The Kier molecular flexibility index (Phi) is 5.27. The first-order valence-electron chi connectivity index (χ1n) is 9.44. The van der Waals surface area contributed by atoms with Gasteiger partial charge in [0.15, 0.2) is 5.13 Å². The summed E-state index contributed by atoms with van der Waals surface area (Å²) >= 11 is 1.39. The zero-order chi connectivity index (χ0) is 20.4. The number of benzene rings is 2. The number of amides is 2. The van der Waals surface area contributed by atoms with E-state index in [1.54, 1.807) is 13.0 Å². The van der Waals surface area contributed by atoms with Crippen molar-refractivity contribution in [3.05, 3.63) is 71.1 Å². The molecule has 0 spiro atoms. The highest BCUT2D eigenvalue weighted by Gasteiger charge is 2.29. The molecule has 1 aliphatic rings. The molecule has 6 heteroatoms. The third-order valence-corrected chi connectivity index (χ3v) is 5.65. The molecule has 0 radical (unpaired) electrons. The minimum atomic E-state index is -0.213. The fourth-order valence-corrected chi connectivity index (χ4v) is 4.34. The maximum absolute atomic E-state index is 12.2. The van der Waals surface area contributed by atoms with Gasteiger partial charge in [0.1, 0.15) is 0 Å². The predicted octanol–water partition coefficient (Wildman–Crippen LogP) is 4.76. The highest BCUT2D eigenvalue weighted by Crippen LogP contribution is 2.36. The zero-order valence-corrected chi connectivity index (χ0v) is 17.1. The average molecular weight is 404 g/mol. The molecule has 0 saturated carbocycles. The quantitative estimate of drug-likeness (QED) is 0.639. The molecular weight excluding hydrogens is 382 g/mol. The highest BCUT2D eigenvalue weighted by molar-refractivity contribution is 7.14. The van der Waals surface area contributed by atoms with Crippen molar-refractivity contribution in [3.8, 4) is 11.3 Å². The monoisotopic (exact) mass is 403 g/mol. The van der Waals surface area contributed by atoms with E-state index in [0.717, 1.165) is 34.5 Å². The van der Waals surface area contributed by atoms with E-state index < -0.39 is 0 Å². The first-order valence-corrected chi connectivity index (χ1v) is 10.3. The van der Waals surface area contributed by atoms with E-state index in [1.807, 2.05) is 52.7 Å².